The van der Waals surface area contributed by atoms with Crippen LogP contribution < -0.4 is 5.46 Å². The van der Waals surface area contributed by atoms with Gasteiger partial charge in [-0.3, -0.25) is 9.78 Å². The highest BCUT2D eigenvalue weighted by molar-refractivity contribution is 6.36. The number of carbonyl (C=O) groups excluding carboxylic acids is 1. The molecule has 4 radical (unpaired) electrons. The number of carbonyl (C=O) groups is 1. The van der Waals surface area contributed by atoms with E-state index in [0.717, 1.165) is 0 Å². The Balaban J connectivity index is 3.35. The molecular weight excluding hydrogens is 148 g/mol. The van der Waals surface area contributed by atoms with E-state index in [4.69, 9.17) is 15.7 Å². The Hall–Kier alpha value is -1.05. The highest BCUT2D eigenvalue weighted by Crippen LogP contribution is 2.02. The Morgan fingerprint density at radius 1 is 1.67 bits per heavy atom. The molecule has 0 N–H and O–H groups in total. The zero-order chi connectivity index (χ0) is 9.14. The van der Waals surface area contributed by atoms with Crippen LogP contribution in [0.5, 0.6) is 0 Å². The molecule has 0 saturated carbocycles. The summed E-state index contributed by atoms with van der Waals surface area (Å²) in [6.45, 7) is 1.75. The SMILES string of the molecule is [B]Cc1cnc(C)c([B])c1C=O. The average Bonchev–Trinajstić information content (AvgIpc) is 2.09. The van der Waals surface area contributed by atoms with Crippen molar-refractivity contribution in [2.45, 2.75) is 13.2 Å². The van der Waals surface area contributed by atoms with E-state index in [0.29, 0.717) is 28.6 Å². The Morgan fingerprint density at radius 2 is 2.33 bits per heavy atom. The minimum absolute atomic E-state index is 0.283. The monoisotopic (exact) mass is 155 g/mol. The molecule has 1 aromatic rings. The Kier molecular flexibility index (Phi) is 2.69. The van der Waals surface area contributed by atoms with Gasteiger partial charge in [0.2, 0.25) is 0 Å². The molecule has 0 aromatic carbocycles. The fraction of sp³-hybridized carbons (Fsp3) is 0.250. The highest BCUT2D eigenvalue weighted by Gasteiger charge is 2.05. The molecule has 0 saturated heterocycles. The van der Waals surface area contributed by atoms with Gasteiger partial charge in [-0.15, -0.1) is 0 Å². The molecule has 0 unspecified atom stereocenters. The Labute approximate surface area is 74.2 Å². The first-order valence-corrected chi connectivity index (χ1v) is 3.60. The van der Waals surface area contributed by atoms with Crippen LogP contribution in [0.2, 0.25) is 0 Å². The molecule has 0 fully saturated rings. The summed E-state index contributed by atoms with van der Waals surface area (Å²) in [7, 11) is 11.0. The quantitative estimate of drug-likeness (QED) is 0.432. The number of nitrogens with zero attached hydrogens (tertiary/aromatic N) is 1. The smallest absolute Gasteiger partial charge is 0.149 e. The summed E-state index contributed by atoms with van der Waals surface area (Å²) in [5.41, 5.74) is 2.24. The van der Waals surface area contributed by atoms with Crippen LogP contribution in [0.1, 0.15) is 21.6 Å². The predicted octanol–water partition coefficient (Wildman–Crippen LogP) is -0.335. The average molecular weight is 155 g/mol. The van der Waals surface area contributed by atoms with Gasteiger partial charge in [-0.1, -0.05) is 11.8 Å². The topological polar surface area (TPSA) is 30.0 Å². The van der Waals surface area contributed by atoms with E-state index in [9.17, 15) is 4.79 Å². The second-order valence-corrected chi connectivity index (χ2v) is 2.52. The number of hydrogen-bond acceptors (Lipinski definition) is 2. The summed E-state index contributed by atoms with van der Waals surface area (Å²) in [4.78, 5) is 14.6. The number of aryl methyl sites for hydroxylation is 1. The lowest BCUT2D eigenvalue weighted by molar-refractivity contribution is 0.112. The summed E-state index contributed by atoms with van der Waals surface area (Å²) in [5.74, 6) is 0. The van der Waals surface area contributed by atoms with E-state index >= 15 is 0 Å². The van der Waals surface area contributed by atoms with Crippen LogP contribution in [-0.2, 0) is 6.32 Å². The van der Waals surface area contributed by atoms with Crippen LogP contribution in [-0.4, -0.2) is 27.0 Å². The minimum Gasteiger partial charge on any atom is -0.298 e. The van der Waals surface area contributed by atoms with Gasteiger partial charge in [-0.25, -0.2) is 0 Å². The van der Waals surface area contributed by atoms with Gasteiger partial charge in [0.15, 0.2) is 0 Å². The van der Waals surface area contributed by atoms with Crippen molar-refractivity contribution in [3.63, 3.8) is 0 Å². The minimum atomic E-state index is 0.283. The van der Waals surface area contributed by atoms with Crippen LogP contribution in [0.25, 0.3) is 0 Å². The van der Waals surface area contributed by atoms with Crippen LogP contribution in [0.3, 0.4) is 0 Å². The molecule has 56 valence electrons. The molecule has 0 atom stereocenters. The highest BCUT2D eigenvalue weighted by atomic mass is 16.1. The standard InChI is InChI=1S/C8H7B2NO/c1-5-8(10)7(4-12)6(2-9)3-11-5/h3-4H,2H2,1H3. The van der Waals surface area contributed by atoms with Gasteiger partial charge in [-0.2, -0.15) is 0 Å². The summed E-state index contributed by atoms with van der Waals surface area (Å²) in [6, 6.07) is 0. The third-order valence-electron chi connectivity index (χ3n) is 1.78. The van der Waals surface area contributed by atoms with E-state index in [2.05, 4.69) is 4.98 Å². The van der Waals surface area contributed by atoms with Gasteiger partial charge < -0.3 is 0 Å². The first-order valence-electron chi connectivity index (χ1n) is 3.60. The summed E-state index contributed by atoms with van der Waals surface area (Å²) in [6.07, 6.45) is 2.58. The largest absolute Gasteiger partial charge is 0.298 e. The fourth-order valence-corrected chi connectivity index (χ4v) is 0.984. The third kappa shape index (κ3) is 1.42. The maximum absolute atomic E-state index is 10.6. The van der Waals surface area contributed by atoms with Crippen molar-refractivity contribution in [1.82, 2.24) is 4.98 Å². The Bertz CT molecular complexity index is 312. The maximum Gasteiger partial charge on any atom is 0.149 e. The number of aldehydes is 1. The van der Waals surface area contributed by atoms with E-state index in [1.807, 2.05) is 0 Å². The lowest BCUT2D eigenvalue weighted by Crippen LogP contribution is -2.18. The van der Waals surface area contributed by atoms with E-state index in [1.54, 1.807) is 13.1 Å². The van der Waals surface area contributed by atoms with Crippen molar-refractivity contribution in [3.8, 4) is 0 Å². The van der Waals surface area contributed by atoms with Crippen molar-refractivity contribution >= 4 is 27.4 Å². The van der Waals surface area contributed by atoms with Crippen molar-refractivity contribution in [2.24, 2.45) is 0 Å². The molecule has 0 spiro atoms. The first-order chi connectivity index (χ1) is 5.70. The summed E-state index contributed by atoms with van der Waals surface area (Å²) in [5, 5.41) is 0. The van der Waals surface area contributed by atoms with Crippen molar-refractivity contribution < 1.29 is 4.79 Å². The van der Waals surface area contributed by atoms with Gasteiger partial charge in [0.25, 0.3) is 0 Å². The lowest BCUT2D eigenvalue weighted by Gasteiger charge is -2.07. The van der Waals surface area contributed by atoms with Crippen LogP contribution in [0.15, 0.2) is 6.20 Å². The van der Waals surface area contributed by atoms with E-state index in [-0.39, 0.29) is 6.32 Å². The molecule has 1 aromatic heterocycles. The second-order valence-electron chi connectivity index (χ2n) is 2.52. The zero-order valence-electron chi connectivity index (χ0n) is 6.87. The maximum atomic E-state index is 10.6. The van der Waals surface area contributed by atoms with Crippen LogP contribution in [0, 0.1) is 6.92 Å². The molecule has 0 aliphatic rings. The lowest BCUT2D eigenvalue weighted by atomic mass is 9.84. The fourth-order valence-electron chi connectivity index (χ4n) is 0.984. The van der Waals surface area contributed by atoms with Gasteiger partial charge in [0.05, 0.1) is 7.85 Å². The predicted molar refractivity (Wildman–Crippen MR) is 49.2 cm³/mol. The first kappa shape index (κ1) is 9.04. The molecule has 0 aliphatic carbocycles. The van der Waals surface area contributed by atoms with Crippen molar-refractivity contribution in [3.05, 3.63) is 23.0 Å². The van der Waals surface area contributed by atoms with Gasteiger partial charge in [0, 0.05) is 17.5 Å². The number of rotatable bonds is 2. The van der Waals surface area contributed by atoms with Crippen molar-refractivity contribution in [2.75, 3.05) is 0 Å². The number of hydrogen-bond donors (Lipinski definition) is 0. The van der Waals surface area contributed by atoms with Gasteiger partial charge in [0.1, 0.15) is 14.1 Å². The molecule has 1 heterocycles. The normalized spacial score (nSPS) is 9.75. The molecule has 4 heteroatoms. The van der Waals surface area contributed by atoms with Gasteiger partial charge in [-0.05, 0) is 12.5 Å². The molecule has 1 rings (SSSR count). The number of pyridine rings is 1. The van der Waals surface area contributed by atoms with Crippen LogP contribution >= 0.6 is 0 Å². The molecule has 0 aliphatic heterocycles. The second kappa shape index (κ2) is 3.57. The molecule has 0 amide bonds. The number of aromatic nitrogens is 1. The molecule has 0 bridgehead atoms. The molecule has 2 nitrogen and oxygen atoms in total. The zero-order valence-corrected chi connectivity index (χ0v) is 6.87. The van der Waals surface area contributed by atoms with Gasteiger partial charge >= 0.3 is 0 Å². The molecule has 12 heavy (non-hydrogen) atoms. The molecular formula is C8H7B2NO. The van der Waals surface area contributed by atoms with Crippen molar-refractivity contribution in [1.29, 1.82) is 0 Å². The van der Waals surface area contributed by atoms with E-state index < -0.39 is 0 Å². The van der Waals surface area contributed by atoms with Crippen LogP contribution in [0.4, 0.5) is 0 Å². The Morgan fingerprint density at radius 3 is 2.83 bits per heavy atom. The summed E-state index contributed by atoms with van der Waals surface area (Å²) < 4.78 is 0. The third-order valence-corrected chi connectivity index (χ3v) is 1.78. The summed E-state index contributed by atoms with van der Waals surface area (Å²) >= 11 is 0. The van der Waals surface area contributed by atoms with E-state index in [1.165, 1.54) is 0 Å².